The summed E-state index contributed by atoms with van der Waals surface area (Å²) in [4.78, 5) is 7.12. The van der Waals surface area contributed by atoms with Crippen LogP contribution in [0.4, 0.5) is 5.82 Å². The molecule has 6 heteroatoms. The van der Waals surface area contributed by atoms with E-state index in [1.165, 1.54) is 19.5 Å². The highest BCUT2D eigenvalue weighted by atomic mass is 79.9. The van der Waals surface area contributed by atoms with Crippen LogP contribution in [0, 0.1) is 11.8 Å². The Labute approximate surface area is 132 Å². The van der Waals surface area contributed by atoms with E-state index >= 15 is 0 Å². The van der Waals surface area contributed by atoms with Crippen LogP contribution in [0.15, 0.2) is 22.9 Å². The van der Waals surface area contributed by atoms with Gasteiger partial charge in [0.05, 0.1) is 12.2 Å². The van der Waals surface area contributed by atoms with Gasteiger partial charge in [-0.3, -0.25) is 0 Å². The second-order valence-electron chi connectivity index (χ2n) is 6.04. The Morgan fingerprint density at radius 3 is 2.76 bits per heavy atom. The summed E-state index contributed by atoms with van der Waals surface area (Å²) in [6.07, 6.45) is 4.33. The van der Waals surface area contributed by atoms with E-state index in [1.807, 2.05) is 10.9 Å². The fourth-order valence-corrected chi connectivity index (χ4v) is 3.52. The number of piperidine rings is 1. The average molecular weight is 348 g/mol. The van der Waals surface area contributed by atoms with Crippen molar-refractivity contribution in [1.82, 2.24) is 20.0 Å². The topological polar surface area (TPSA) is 46.8 Å². The van der Waals surface area contributed by atoms with Crippen molar-refractivity contribution in [2.75, 3.05) is 18.0 Å². The standard InChI is InChI=1S/C15H18BrN5/c1-2-13-9-21(19-18-13)8-10-3-4-14(17-15(10)16)20-6-11-5-12(11)7-20/h3-4,9,11-12H,2,5-8H2,1H3. The van der Waals surface area contributed by atoms with Gasteiger partial charge in [0, 0.05) is 24.8 Å². The van der Waals surface area contributed by atoms with Gasteiger partial charge in [0.15, 0.2) is 0 Å². The molecule has 0 bridgehead atoms. The van der Waals surface area contributed by atoms with Crippen LogP contribution in [0.5, 0.6) is 0 Å². The lowest BCUT2D eigenvalue weighted by molar-refractivity contribution is 0.645. The lowest BCUT2D eigenvalue weighted by atomic mass is 10.2. The minimum Gasteiger partial charge on any atom is -0.356 e. The van der Waals surface area contributed by atoms with Crippen molar-refractivity contribution in [3.63, 3.8) is 0 Å². The molecule has 3 heterocycles. The lowest BCUT2D eigenvalue weighted by Gasteiger charge is -2.19. The molecule has 1 aliphatic heterocycles. The summed E-state index contributed by atoms with van der Waals surface area (Å²) in [5.41, 5.74) is 2.16. The molecule has 0 radical (unpaired) electrons. The predicted octanol–water partition coefficient (Wildman–Crippen LogP) is 2.50. The first-order valence-corrected chi connectivity index (χ1v) is 8.31. The summed E-state index contributed by atoms with van der Waals surface area (Å²) in [5.74, 6) is 2.94. The van der Waals surface area contributed by atoms with Crippen molar-refractivity contribution < 1.29 is 0 Å². The first-order chi connectivity index (χ1) is 10.2. The Bertz CT molecular complexity index is 658. The van der Waals surface area contributed by atoms with Gasteiger partial charge in [0.2, 0.25) is 0 Å². The van der Waals surface area contributed by atoms with Gasteiger partial charge >= 0.3 is 0 Å². The predicted molar refractivity (Wildman–Crippen MR) is 84.2 cm³/mol. The number of aromatic nitrogens is 4. The van der Waals surface area contributed by atoms with Crippen LogP contribution in [0.3, 0.4) is 0 Å². The van der Waals surface area contributed by atoms with Crippen molar-refractivity contribution >= 4 is 21.7 Å². The molecule has 4 rings (SSSR count). The Kier molecular flexibility index (Phi) is 3.21. The molecule has 110 valence electrons. The molecule has 21 heavy (non-hydrogen) atoms. The fourth-order valence-electron chi connectivity index (χ4n) is 3.09. The fraction of sp³-hybridized carbons (Fsp3) is 0.533. The highest BCUT2D eigenvalue weighted by molar-refractivity contribution is 9.10. The molecular formula is C15H18BrN5. The van der Waals surface area contributed by atoms with Crippen molar-refractivity contribution in [3.8, 4) is 0 Å². The summed E-state index contributed by atoms with van der Waals surface area (Å²) in [5, 5.41) is 8.27. The zero-order chi connectivity index (χ0) is 14.4. The third kappa shape index (κ3) is 2.57. The van der Waals surface area contributed by atoms with Crippen LogP contribution in [0.25, 0.3) is 0 Å². The number of pyridine rings is 1. The van der Waals surface area contributed by atoms with E-state index < -0.39 is 0 Å². The Balaban J connectivity index is 1.50. The molecule has 2 unspecified atom stereocenters. The maximum absolute atomic E-state index is 4.71. The molecular weight excluding hydrogens is 330 g/mol. The summed E-state index contributed by atoms with van der Waals surface area (Å²) in [6.45, 7) is 5.13. The smallest absolute Gasteiger partial charge is 0.129 e. The lowest BCUT2D eigenvalue weighted by Crippen LogP contribution is -2.23. The second kappa shape index (κ2) is 5.09. The highest BCUT2D eigenvalue weighted by Crippen LogP contribution is 2.46. The van der Waals surface area contributed by atoms with Crippen molar-refractivity contribution in [3.05, 3.63) is 34.2 Å². The van der Waals surface area contributed by atoms with Crippen molar-refractivity contribution in [2.45, 2.75) is 26.3 Å². The van der Waals surface area contributed by atoms with Gasteiger partial charge in [-0.15, -0.1) is 5.10 Å². The number of rotatable bonds is 4. The number of halogens is 1. The normalized spacial score (nSPS) is 23.4. The maximum Gasteiger partial charge on any atom is 0.129 e. The molecule has 1 aliphatic carbocycles. The quantitative estimate of drug-likeness (QED) is 0.797. The molecule has 2 aromatic rings. The zero-order valence-corrected chi connectivity index (χ0v) is 13.6. The van der Waals surface area contributed by atoms with E-state index in [1.54, 1.807) is 0 Å². The van der Waals surface area contributed by atoms with Crippen LogP contribution >= 0.6 is 15.9 Å². The molecule has 2 aliphatic rings. The van der Waals surface area contributed by atoms with Gasteiger partial charge in [-0.25, -0.2) is 9.67 Å². The van der Waals surface area contributed by atoms with E-state index in [2.05, 4.69) is 50.2 Å². The molecule has 2 atom stereocenters. The average Bonchev–Trinajstić information content (AvgIpc) is 2.90. The molecule has 0 spiro atoms. The number of nitrogens with zero attached hydrogens (tertiary/aromatic N) is 5. The molecule has 0 N–H and O–H groups in total. The minimum absolute atomic E-state index is 0.701. The first-order valence-electron chi connectivity index (χ1n) is 7.52. The molecule has 0 amide bonds. The SMILES string of the molecule is CCc1cn(Cc2ccc(N3CC4CC4C3)nc2Br)nn1. The third-order valence-electron chi connectivity index (χ3n) is 4.49. The van der Waals surface area contributed by atoms with Crippen LogP contribution in [-0.4, -0.2) is 33.1 Å². The van der Waals surface area contributed by atoms with Crippen LogP contribution in [0.1, 0.15) is 24.6 Å². The second-order valence-corrected chi connectivity index (χ2v) is 6.79. The summed E-state index contributed by atoms with van der Waals surface area (Å²) in [7, 11) is 0. The monoisotopic (exact) mass is 347 g/mol. The third-order valence-corrected chi connectivity index (χ3v) is 5.18. The summed E-state index contributed by atoms with van der Waals surface area (Å²) >= 11 is 3.60. The van der Waals surface area contributed by atoms with E-state index in [9.17, 15) is 0 Å². The van der Waals surface area contributed by atoms with E-state index in [0.29, 0.717) is 6.54 Å². The van der Waals surface area contributed by atoms with E-state index in [-0.39, 0.29) is 0 Å². The van der Waals surface area contributed by atoms with Gasteiger partial charge in [-0.1, -0.05) is 18.2 Å². The maximum atomic E-state index is 4.71. The number of hydrogen-bond donors (Lipinski definition) is 0. The zero-order valence-electron chi connectivity index (χ0n) is 12.0. The van der Waals surface area contributed by atoms with Gasteiger partial charge in [0.25, 0.3) is 0 Å². The molecule has 0 aromatic carbocycles. The Morgan fingerprint density at radius 2 is 2.10 bits per heavy atom. The Hall–Kier alpha value is -1.43. The first kappa shape index (κ1) is 13.2. The van der Waals surface area contributed by atoms with Gasteiger partial charge in [-0.2, -0.15) is 0 Å². The molecule has 1 saturated heterocycles. The number of hydrogen-bond acceptors (Lipinski definition) is 4. The molecule has 2 fully saturated rings. The van der Waals surface area contributed by atoms with E-state index in [0.717, 1.165) is 39.9 Å². The number of aryl methyl sites for hydroxylation is 1. The van der Waals surface area contributed by atoms with Gasteiger partial charge in [0.1, 0.15) is 10.4 Å². The Morgan fingerprint density at radius 1 is 1.29 bits per heavy atom. The van der Waals surface area contributed by atoms with Crippen LogP contribution < -0.4 is 4.90 Å². The highest BCUT2D eigenvalue weighted by Gasteiger charge is 2.45. The van der Waals surface area contributed by atoms with Gasteiger partial charge in [-0.05, 0) is 46.7 Å². The number of fused-ring (bicyclic) bond motifs is 1. The van der Waals surface area contributed by atoms with Crippen molar-refractivity contribution in [1.29, 1.82) is 0 Å². The van der Waals surface area contributed by atoms with Gasteiger partial charge < -0.3 is 4.90 Å². The summed E-state index contributed by atoms with van der Waals surface area (Å²) in [6, 6.07) is 4.27. The van der Waals surface area contributed by atoms with E-state index in [4.69, 9.17) is 4.98 Å². The minimum atomic E-state index is 0.701. The number of anilines is 1. The van der Waals surface area contributed by atoms with Crippen LogP contribution in [0.2, 0.25) is 0 Å². The van der Waals surface area contributed by atoms with Crippen molar-refractivity contribution in [2.24, 2.45) is 11.8 Å². The molecule has 1 saturated carbocycles. The molecule has 2 aromatic heterocycles. The largest absolute Gasteiger partial charge is 0.356 e. The molecule has 5 nitrogen and oxygen atoms in total. The van der Waals surface area contributed by atoms with Crippen LogP contribution in [-0.2, 0) is 13.0 Å². The summed E-state index contributed by atoms with van der Waals surface area (Å²) < 4.78 is 2.78.